The van der Waals surface area contributed by atoms with E-state index in [1.807, 2.05) is 27.7 Å². The normalized spacial score (nSPS) is 31.4. The highest BCUT2D eigenvalue weighted by atomic mass is 16.5. The molecule has 3 rings (SSSR count). The summed E-state index contributed by atoms with van der Waals surface area (Å²) in [6.45, 7) is 21.6. The van der Waals surface area contributed by atoms with Crippen molar-refractivity contribution in [3.8, 4) is 0 Å². The number of fused-ring (bicyclic) bond motifs is 1. The molecule has 3 unspecified atom stereocenters. The molecule has 226 valence electrons. The first-order valence-corrected chi connectivity index (χ1v) is 15.4. The van der Waals surface area contributed by atoms with Gasteiger partial charge in [0.25, 0.3) is 0 Å². The van der Waals surface area contributed by atoms with Crippen LogP contribution in [0.5, 0.6) is 0 Å². The number of unbranched alkanes of at least 4 members (excludes halogenated alkanes) is 2. The van der Waals surface area contributed by atoms with Crippen molar-refractivity contribution in [3.63, 3.8) is 0 Å². The second-order valence-corrected chi connectivity index (χ2v) is 12.8. The zero-order valence-corrected chi connectivity index (χ0v) is 25.7. The van der Waals surface area contributed by atoms with E-state index in [-0.39, 0.29) is 36.2 Å². The molecule has 0 aliphatic carbocycles. The molecule has 8 nitrogen and oxygen atoms in total. The first-order valence-electron chi connectivity index (χ1n) is 15.4. The van der Waals surface area contributed by atoms with Gasteiger partial charge in [-0.2, -0.15) is 0 Å². The number of hydrogen-bond acceptors (Lipinski definition) is 5. The minimum absolute atomic E-state index is 0.0291. The lowest BCUT2D eigenvalue weighted by molar-refractivity contribution is -0.158. The van der Waals surface area contributed by atoms with Crippen LogP contribution in [-0.2, 0) is 19.1 Å². The van der Waals surface area contributed by atoms with Gasteiger partial charge in [0.05, 0.1) is 30.1 Å². The van der Waals surface area contributed by atoms with Gasteiger partial charge in [-0.15, -0.1) is 13.2 Å². The Balaban J connectivity index is 2.16. The van der Waals surface area contributed by atoms with Crippen LogP contribution in [0.2, 0.25) is 0 Å². The summed E-state index contributed by atoms with van der Waals surface area (Å²) in [4.78, 5) is 48.5. The van der Waals surface area contributed by atoms with Gasteiger partial charge in [-0.1, -0.05) is 59.6 Å². The Hall–Kier alpha value is -2.19. The van der Waals surface area contributed by atoms with E-state index in [1.165, 1.54) is 0 Å². The Morgan fingerprint density at radius 2 is 1.73 bits per heavy atom. The van der Waals surface area contributed by atoms with Crippen LogP contribution in [0.1, 0.15) is 80.1 Å². The van der Waals surface area contributed by atoms with Crippen LogP contribution in [0.25, 0.3) is 0 Å². The van der Waals surface area contributed by atoms with E-state index in [2.05, 4.69) is 27.0 Å². The summed E-state index contributed by atoms with van der Waals surface area (Å²) in [5, 5.41) is 10.5. The van der Waals surface area contributed by atoms with Crippen LogP contribution in [0.3, 0.4) is 0 Å². The van der Waals surface area contributed by atoms with Gasteiger partial charge >= 0.3 is 0 Å². The van der Waals surface area contributed by atoms with Gasteiger partial charge in [0.2, 0.25) is 17.7 Å². The maximum absolute atomic E-state index is 14.6. The van der Waals surface area contributed by atoms with Crippen molar-refractivity contribution in [2.24, 2.45) is 23.7 Å². The Morgan fingerprint density at radius 3 is 2.25 bits per heavy atom. The molecular weight excluding hydrogens is 506 g/mol. The van der Waals surface area contributed by atoms with Crippen molar-refractivity contribution in [1.82, 2.24) is 14.7 Å². The second kappa shape index (κ2) is 13.2. The quantitative estimate of drug-likeness (QED) is 0.228. The van der Waals surface area contributed by atoms with Crippen molar-refractivity contribution < 1.29 is 24.2 Å². The van der Waals surface area contributed by atoms with Gasteiger partial charge < -0.3 is 24.5 Å². The lowest BCUT2D eigenvalue weighted by Crippen LogP contribution is -2.59. The molecule has 7 atom stereocenters. The fourth-order valence-electron chi connectivity index (χ4n) is 7.63. The SMILES string of the molecule is C=CCN(CCCCC)C(=O)C1N([C@@H](CO)CC(C)C)C(=O)[C@@H]2[C@@H](C(=O)N(CC=C)CCC)[C@]3(C)OC12CC3C. The third-order valence-corrected chi connectivity index (χ3v) is 9.45. The Bertz CT molecular complexity index is 953. The van der Waals surface area contributed by atoms with Crippen molar-refractivity contribution >= 4 is 17.7 Å². The molecule has 0 saturated carbocycles. The number of ether oxygens (including phenoxy) is 1. The molecule has 3 aliphatic heterocycles. The summed E-state index contributed by atoms with van der Waals surface area (Å²) < 4.78 is 6.92. The van der Waals surface area contributed by atoms with Crippen molar-refractivity contribution in [2.75, 3.05) is 32.8 Å². The Labute approximate surface area is 241 Å². The number of nitrogens with zero attached hydrogens (tertiary/aromatic N) is 3. The molecule has 1 spiro atoms. The van der Waals surface area contributed by atoms with Gasteiger partial charge in [0.15, 0.2) is 0 Å². The van der Waals surface area contributed by atoms with E-state index in [4.69, 9.17) is 4.74 Å². The van der Waals surface area contributed by atoms with E-state index in [0.717, 1.165) is 25.7 Å². The zero-order chi connectivity index (χ0) is 29.8. The van der Waals surface area contributed by atoms with Gasteiger partial charge in [0, 0.05) is 26.2 Å². The highest BCUT2D eigenvalue weighted by Crippen LogP contribution is 2.66. The van der Waals surface area contributed by atoms with Crippen LogP contribution < -0.4 is 0 Å². The van der Waals surface area contributed by atoms with Gasteiger partial charge in [-0.05, 0) is 44.4 Å². The lowest BCUT2D eigenvalue weighted by atomic mass is 9.62. The molecule has 0 radical (unpaired) electrons. The standard InChI is InChI=1S/C32H53N3O5/c1-9-13-14-18-34(17-12-4)30(39)27-32-20-23(7)31(8,40-32)25(28(37)33(15-10-2)16-11-3)26(32)29(38)35(27)24(21-36)19-22(5)6/h10,12,22-27,36H,2,4,9,11,13-21H2,1,3,5-8H3/t23?,24-,25+,26+,27?,31-,32?/m1/s1. The van der Waals surface area contributed by atoms with Crippen molar-refractivity contribution in [2.45, 2.75) is 103 Å². The van der Waals surface area contributed by atoms with Gasteiger partial charge in [0.1, 0.15) is 11.6 Å². The van der Waals surface area contributed by atoms with Gasteiger partial charge in [-0.3, -0.25) is 14.4 Å². The first kappa shape index (κ1) is 32.3. The molecule has 40 heavy (non-hydrogen) atoms. The van der Waals surface area contributed by atoms with Crippen LogP contribution in [0.15, 0.2) is 25.3 Å². The molecule has 0 aromatic carbocycles. The average Bonchev–Trinajstić information content (AvgIpc) is 3.42. The maximum Gasteiger partial charge on any atom is 0.248 e. The van der Waals surface area contributed by atoms with E-state index < -0.39 is 35.1 Å². The lowest BCUT2D eigenvalue weighted by Gasteiger charge is -2.40. The molecule has 8 heteroatoms. The van der Waals surface area contributed by atoms with E-state index in [1.54, 1.807) is 26.9 Å². The first-order chi connectivity index (χ1) is 19.0. The summed E-state index contributed by atoms with van der Waals surface area (Å²) >= 11 is 0. The molecule has 3 heterocycles. The van der Waals surface area contributed by atoms with E-state index in [9.17, 15) is 19.5 Å². The van der Waals surface area contributed by atoms with E-state index >= 15 is 0 Å². The molecule has 3 aliphatic rings. The predicted molar refractivity (Wildman–Crippen MR) is 157 cm³/mol. The zero-order valence-electron chi connectivity index (χ0n) is 25.7. The van der Waals surface area contributed by atoms with Crippen molar-refractivity contribution in [1.29, 1.82) is 0 Å². The number of rotatable bonds is 16. The average molecular weight is 560 g/mol. The summed E-state index contributed by atoms with van der Waals surface area (Å²) in [6, 6.07) is -1.44. The highest BCUT2D eigenvalue weighted by molar-refractivity contribution is 5.99. The number of carbonyl (C=O) groups excluding carboxylic acids is 3. The minimum atomic E-state index is -1.12. The molecular formula is C32H53N3O5. The fourth-order valence-corrected chi connectivity index (χ4v) is 7.63. The third kappa shape index (κ3) is 5.50. The molecule has 2 bridgehead atoms. The molecule has 3 fully saturated rings. The topological polar surface area (TPSA) is 90.4 Å². The second-order valence-electron chi connectivity index (χ2n) is 12.8. The maximum atomic E-state index is 14.6. The number of likely N-dealkylation sites (tertiary alicyclic amines) is 1. The number of aliphatic hydroxyl groups is 1. The van der Waals surface area contributed by atoms with Crippen molar-refractivity contribution in [3.05, 3.63) is 25.3 Å². The highest BCUT2D eigenvalue weighted by Gasteiger charge is 2.80. The van der Waals surface area contributed by atoms with Gasteiger partial charge in [-0.25, -0.2) is 0 Å². The summed E-state index contributed by atoms with van der Waals surface area (Å²) in [6.07, 6.45) is 8.16. The third-order valence-electron chi connectivity index (χ3n) is 9.45. The summed E-state index contributed by atoms with van der Waals surface area (Å²) in [7, 11) is 0. The number of aliphatic hydroxyl groups excluding tert-OH is 1. The summed E-state index contributed by atoms with van der Waals surface area (Å²) in [5.74, 6) is -1.84. The largest absolute Gasteiger partial charge is 0.394 e. The van der Waals surface area contributed by atoms with Crippen LogP contribution in [-0.4, -0.2) is 93.6 Å². The smallest absolute Gasteiger partial charge is 0.248 e. The number of amides is 3. The summed E-state index contributed by atoms with van der Waals surface area (Å²) in [5.41, 5.74) is -1.99. The molecule has 1 N–H and O–H groups in total. The van der Waals surface area contributed by atoms with Crippen LogP contribution >= 0.6 is 0 Å². The number of carbonyl (C=O) groups is 3. The molecule has 0 aromatic heterocycles. The van der Waals surface area contributed by atoms with E-state index in [0.29, 0.717) is 39.0 Å². The fraction of sp³-hybridized carbons (Fsp3) is 0.781. The van der Waals surface area contributed by atoms with Crippen LogP contribution in [0, 0.1) is 23.7 Å². The monoisotopic (exact) mass is 559 g/mol. The minimum Gasteiger partial charge on any atom is -0.394 e. The number of hydrogen-bond donors (Lipinski definition) is 1. The van der Waals surface area contributed by atoms with Crippen LogP contribution in [0.4, 0.5) is 0 Å². The Kier molecular flexibility index (Phi) is 10.7. The molecule has 0 aromatic rings. The molecule has 3 saturated heterocycles. The predicted octanol–water partition coefficient (Wildman–Crippen LogP) is 4.03. The Morgan fingerprint density at radius 1 is 1.10 bits per heavy atom. The molecule has 3 amide bonds.